The Hall–Kier alpha value is -2.15. The Bertz CT molecular complexity index is 609. The first-order chi connectivity index (χ1) is 12.7. The minimum Gasteiger partial charge on any atom is -0.481 e. The van der Waals surface area contributed by atoms with Crippen molar-refractivity contribution in [2.24, 2.45) is 5.92 Å². The number of carbonyl (C=O) groups excluding carboxylic acids is 2. The highest BCUT2D eigenvalue weighted by Gasteiger charge is 2.27. The van der Waals surface area contributed by atoms with Crippen LogP contribution < -0.4 is 0 Å². The van der Waals surface area contributed by atoms with Crippen LogP contribution in [0.15, 0.2) is 30.3 Å². The van der Waals surface area contributed by atoms with Crippen LogP contribution in [-0.4, -0.2) is 37.7 Å². The first kappa shape index (κ1) is 22.9. The van der Waals surface area contributed by atoms with E-state index in [1.807, 2.05) is 30.3 Å². The molecule has 6 nitrogen and oxygen atoms in total. The summed E-state index contributed by atoms with van der Waals surface area (Å²) in [4.78, 5) is 35.0. The molecule has 1 atom stereocenters. The van der Waals surface area contributed by atoms with Crippen LogP contribution in [0.25, 0.3) is 0 Å². The van der Waals surface area contributed by atoms with E-state index in [4.69, 9.17) is 9.47 Å². The fourth-order valence-corrected chi connectivity index (χ4v) is 3.04. The first-order valence-corrected chi connectivity index (χ1v) is 13.0. The van der Waals surface area contributed by atoms with Crippen molar-refractivity contribution in [2.75, 3.05) is 6.61 Å². The molecule has 1 rings (SSSR count). The number of hydrogen-bond donors (Lipinski definition) is 1. The zero-order valence-corrected chi connectivity index (χ0v) is 17.4. The number of hydrogen-bond acceptors (Lipinski definition) is 5. The van der Waals surface area contributed by atoms with Crippen molar-refractivity contribution in [3.05, 3.63) is 35.9 Å². The standard InChI is InChI=1S/C20H30O6Si/c1-27(2,3)14-13-25-20(24)17(19(22)23)11-7-8-12-18(21)26-15-16-9-5-4-6-10-16/h4-6,9-10,17H,7-8,11-15H2,1-3H3,(H,22,23). The third-order valence-corrected chi connectivity index (χ3v) is 5.75. The van der Waals surface area contributed by atoms with Crippen LogP contribution >= 0.6 is 0 Å². The van der Waals surface area contributed by atoms with Crippen LogP contribution in [0.4, 0.5) is 0 Å². The fourth-order valence-electron chi connectivity index (χ4n) is 2.33. The molecule has 0 spiro atoms. The Kier molecular flexibility index (Phi) is 9.78. The number of ether oxygens (including phenoxy) is 2. The number of aliphatic carboxylic acids is 1. The van der Waals surface area contributed by atoms with Gasteiger partial charge in [-0.3, -0.25) is 14.4 Å². The van der Waals surface area contributed by atoms with Gasteiger partial charge in [-0.1, -0.05) is 56.4 Å². The molecule has 0 fully saturated rings. The lowest BCUT2D eigenvalue weighted by Crippen LogP contribution is -2.28. The van der Waals surface area contributed by atoms with E-state index in [0.29, 0.717) is 12.8 Å². The Morgan fingerprint density at radius 2 is 1.70 bits per heavy atom. The minimum atomic E-state index is -1.34. The lowest BCUT2D eigenvalue weighted by atomic mass is 10.0. The molecule has 0 amide bonds. The number of rotatable bonds is 12. The predicted molar refractivity (Wildman–Crippen MR) is 105 cm³/mol. The molecule has 0 aliphatic heterocycles. The van der Waals surface area contributed by atoms with Gasteiger partial charge in [0.15, 0.2) is 5.92 Å². The molecule has 27 heavy (non-hydrogen) atoms. The number of esters is 2. The van der Waals surface area contributed by atoms with Gasteiger partial charge in [0.2, 0.25) is 0 Å². The maximum Gasteiger partial charge on any atom is 0.320 e. The van der Waals surface area contributed by atoms with E-state index < -0.39 is 25.9 Å². The third kappa shape index (κ3) is 10.5. The molecule has 0 aromatic heterocycles. The van der Waals surface area contributed by atoms with E-state index in [2.05, 4.69) is 19.6 Å². The summed E-state index contributed by atoms with van der Waals surface area (Å²) in [6.45, 7) is 6.97. The molecular weight excluding hydrogens is 364 g/mol. The number of carboxylic acid groups (broad SMARTS) is 1. The topological polar surface area (TPSA) is 89.9 Å². The summed E-state index contributed by atoms with van der Waals surface area (Å²) in [5, 5.41) is 9.24. The molecule has 1 aromatic rings. The highest BCUT2D eigenvalue weighted by atomic mass is 28.3. The van der Waals surface area contributed by atoms with Gasteiger partial charge in [0, 0.05) is 14.5 Å². The smallest absolute Gasteiger partial charge is 0.320 e. The second-order valence-corrected chi connectivity index (χ2v) is 13.4. The van der Waals surface area contributed by atoms with Crippen molar-refractivity contribution in [1.29, 1.82) is 0 Å². The number of carbonyl (C=O) groups is 3. The quantitative estimate of drug-likeness (QED) is 0.250. The van der Waals surface area contributed by atoms with Crippen molar-refractivity contribution in [3.63, 3.8) is 0 Å². The van der Waals surface area contributed by atoms with Crippen LogP contribution in [-0.2, 0) is 30.5 Å². The molecule has 0 aliphatic rings. The maximum atomic E-state index is 12.0. The van der Waals surface area contributed by atoms with E-state index in [9.17, 15) is 19.5 Å². The molecule has 0 aliphatic carbocycles. The van der Waals surface area contributed by atoms with Crippen molar-refractivity contribution in [1.82, 2.24) is 0 Å². The average Bonchev–Trinajstić information content (AvgIpc) is 2.59. The molecule has 7 heteroatoms. The van der Waals surface area contributed by atoms with Crippen molar-refractivity contribution >= 4 is 26.0 Å². The SMILES string of the molecule is C[Si](C)(C)CCOC(=O)C(CCCCC(=O)OCc1ccccc1)C(=O)O. The van der Waals surface area contributed by atoms with E-state index in [0.717, 1.165) is 11.6 Å². The second kappa shape index (κ2) is 11.5. The molecule has 0 saturated heterocycles. The van der Waals surface area contributed by atoms with Gasteiger partial charge in [-0.15, -0.1) is 0 Å². The van der Waals surface area contributed by atoms with Gasteiger partial charge in [0.25, 0.3) is 0 Å². The number of unbranched alkanes of at least 4 members (excludes halogenated alkanes) is 1. The number of benzene rings is 1. The molecule has 0 saturated carbocycles. The summed E-state index contributed by atoms with van der Waals surface area (Å²) >= 11 is 0. The summed E-state index contributed by atoms with van der Waals surface area (Å²) in [7, 11) is -1.34. The Labute approximate surface area is 161 Å². The van der Waals surface area contributed by atoms with E-state index >= 15 is 0 Å². The van der Waals surface area contributed by atoms with E-state index in [1.54, 1.807) is 0 Å². The molecule has 1 aromatic carbocycles. The zero-order chi connectivity index (χ0) is 20.3. The normalized spacial score (nSPS) is 12.3. The minimum absolute atomic E-state index is 0.160. The van der Waals surface area contributed by atoms with Crippen molar-refractivity contribution < 1.29 is 29.0 Å². The third-order valence-electron chi connectivity index (χ3n) is 4.05. The first-order valence-electron chi connectivity index (χ1n) is 9.28. The maximum absolute atomic E-state index is 12.0. The largest absolute Gasteiger partial charge is 0.481 e. The van der Waals surface area contributed by atoms with E-state index in [-0.39, 0.29) is 32.0 Å². The van der Waals surface area contributed by atoms with Gasteiger partial charge < -0.3 is 14.6 Å². The van der Waals surface area contributed by atoms with Crippen LogP contribution in [0.2, 0.25) is 25.7 Å². The lowest BCUT2D eigenvalue weighted by Gasteiger charge is -2.17. The molecule has 0 radical (unpaired) electrons. The molecular formula is C20H30O6Si. The summed E-state index contributed by atoms with van der Waals surface area (Å²) in [5.41, 5.74) is 0.915. The summed E-state index contributed by atoms with van der Waals surface area (Å²) in [5.74, 6) is -3.37. The summed E-state index contributed by atoms with van der Waals surface area (Å²) in [6.07, 6.45) is 1.27. The Morgan fingerprint density at radius 3 is 2.30 bits per heavy atom. The molecule has 0 heterocycles. The van der Waals surface area contributed by atoms with E-state index in [1.165, 1.54) is 0 Å². The van der Waals surface area contributed by atoms with Crippen molar-refractivity contribution in [2.45, 2.75) is 58.0 Å². The van der Waals surface area contributed by atoms with Gasteiger partial charge in [0.1, 0.15) is 6.61 Å². The molecule has 1 N–H and O–H groups in total. The summed E-state index contributed by atoms with van der Waals surface area (Å²) in [6, 6.07) is 10.2. The lowest BCUT2D eigenvalue weighted by molar-refractivity contribution is -0.158. The Balaban J connectivity index is 2.26. The second-order valence-electron chi connectivity index (χ2n) is 7.76. The summed E-state index contributed by atoms with van der Waals surface area (Å²) < 4.78 is 10.3. The molecule has 0 bridgehead atoms. The average molecular weight is 395 g/mol. The van der Waals surface area contributed by atoms with Crippen LogP contribution in [0.3, 0.4) is 0 Å². The predicted octanol–water partition coefficient (Wildman–Crippen LogP) is 3.87. The molecule has 1 unspecified atom stereocenters. The fraction of sp³-hybridized carbons (Fsp3) is 0.550. The molecule has 150 valence electrons. The zero-order valence-electron chi connectivity index (χ0n) is 16.4. The number of carboxylic acids is 1. The van der Waals surface area contributed by atoms with Gasteiger partial charge in [0.05, 0.1) is 6.61 Å². The van der Waals surface area contributed by atoms with Crippen molar-refractivity contribution in [3.8, 4) is 0 Å². The van der Waals surface area contributed by atoms with Crippen LogP contribution in [0, 0.1) is 5.92 Å². The van der Waals surface area contributed by atoms with Crippen LogP contribution in [0.5, 0.6) is 0 Å². The van der Waals surface area contributed by atoms with Gasteiger partial charge in [-0.2, -0.15) is 0 Å². The van der Waals surface area contributed by atoms with Gasteiger partial charge in [-0.05, 0) is 24.4 Å². The highest BCUT2D eigenvalue weighted by molar-refractivity contribution is 6.76. The Morgan fingerprint density at radius 1 is 1.04 bits per heavy atom. The highest BCUT2D eigenvalue weighted by Crippen LogP contribution is 2.15. The monoisotopic (exact) mass is 394 g/mol. The van der Waals surface area contributed by atoms with Crippen LogP contribution in [0.1, 0.15) is 31.2 Å². The van der Waals surface area contributed by atoms with Gasteiger partial charge in [-0.25, -0.2) is 0 Å². The van der Waals surface area contributed by atoms with Gasteiger partial charge >= 0.3 is 17.9 Å².